The molecule has 2 aromatic carbocycles. The molecular formula is C16H14N2O. The Hall–Kier alpha value is -2.29. The zero-order chi connectivity index (χ0) is 12.8. The van der Waals surface area contributed by atoms with E-state index in [9.17, 15) is 0 Å². The molecule has 94 valence electrons. The average Bonchev–Trinajstić information content (AvgIpc) is 2.85. The van der Waals surface area contributed by atoms with Gasteiger partial charge in [-0.3, -0.25) is 0 Å². The van der Waals surface area contributed by atoms with Gasteiger partial charge in [-0.05, 0) is 24.1 Å². The number of aromatic nitrogens is 2. The van der Waals surface area contributed by atoms with Crippen molar-refractivity contribution in [1.82, 2.24) is 9.55 Å². The van der Waals surface area contributed by atoms with Crippen LogP contribution in [0.15, 0.2) is 42.5 Å². The smallest absolute Gasteiger partial charge is 0.141 e. The van der Waals surface area contributed by atoms with Crippen molar-refractivity contribution in [2.45, 2.75) is 13.0 Å². The van der Waals surface area contributed by atoms with E-state index in [4.69, 9.17) is 9.72 Å². The van der Waals surface area contributed by atoms with E-state index in [-0.39, 0.29) is 0 Å². The van der Waals surface area contributed by atoms with Crippen LogP contribution in [0.25, 0.3) is 22.4 Å². The van der Waals surface area contributed by atoms with Crippen molar-refractivity contribution in [3.05, 3.63) is 48.0 Å². The van der Waals surface area contributed by atoms with Gasteiger partial charge in [0.15, 0.2) is 0 Å². The molecule has 1 aromatic heterocycles. The van der Waals surface area contributed by atoms with Crippen LogP contribution in [0.5, 0.6) is 5.75 Å². The van der Waals surface area contributed by atoms with E-state index in [1.165, 1.54) is 16.6 Å². The Morgan fingerprint density at radius 1 is 1.16 bits per heavy atom. The normalized spacial score (nSPS) is 13.1. The summed E-state index contributed by atoms with van der Waals surface area (Å²) in [6.45, 7) is 0.995. The van der Waals surface area contributed by atoms with Gasteiger partial charge in [0.05, 0.1) is 18.1 Å². The van der Waals surface area contributed by atoms with Crippen LogP contribution >= 0.6 is 0 Å². The number of nitrogens with zero attached hydrogens (tertiary/aromatic N) is 2. The molecule has 1 aliphatic rings. The first-order valence-corrected chi connectivity index (χ1v) is 6.49. The van der Waals surface area contributed by atoms with Gasteiger partial charge >= 0.3 is 0 Å². The van der Waals surface area contributed by atoms with Crippen LogP contribution < -0.4 is 4.74 Å². The second-order valence-electron chi connectivity index (χ2n) is 4.85. The van der Waals surface area contributed by atoms with Crippen LogP contribution in [0, 0.1) is 0 Å². The first-order valence-electron chi connectivity index (χ1n) is 6.49. The van der Waals surface area contributed by atoms with Crippen molar-refractivity contribution in [3.8, 4) is 17.1 Å². The van der Waals surface area contributed by atoms with E-state index in [0.717, 1.165) is 30.1 Å². The molecule has 1 aliphatic heterocycles. The summed E-state index contributed by atoms with van der Waals surface area (Å²) < 4.78 is 7.58. The van der Waals surface area contributed by atoms with E-state index in [1.54, 1.807) is 7.11 Å². The molecule has 3 aromatic rings. The topological polar surface area (TPSA) is 27.1 Å². The standard InChI is InChI=1S/C16H14N2O/c1-19-12-6-7-15-14(10-12)17-16-13-5-3-2-4-11(13)8-9-18(15)16/h2-7,10H,8-9H2,1H3. The Labute approximate surface area is 111 Å². The van der Waals surface area contributed by atoms with Crippen LogP contribution in [0.2, 0.25) is 0 Å². The first kappa shape index (κ1) is 10.6. The minimum absolute atomic E-state index is 0.858. The lowest BCUT2D eigenvalue weighted by molar-refractivity contribution is 0.415. The molecule has 0 N–H and O–H groups in total. The van der Waals surface area contributed by atoms with Gasteiger partial charge in [-0.2, -0.15) is 0 Å². The van der Waals surface area contributed by atoms with Gasteiger partial charge in [0.1, 0.15) is 11.6 Å². The van der Waals surface area contributed by atoms with Crippen molar-refractivity contribution < 1.29 is 4.74 Å². The monoisotopic (exact) mass is 250 g/mol. The van der Waals surface area contributed by atoms with Gasteiger partial charge in [0.2, 0.25) is 0 Å². The number of benzene rings is 2. The molecule has 0 radical (unpaired) electrons. The molecule has 3 nitrogen and oxygen atoms in total. The highest BCUT2D eigenvalue weighted by atomic mass is 16.5. The average molecular weight is 250 g/mol. The predicted octanol–water partition coefficient (Wildman–Crippen LogP) is 3.27. The van der Waals surface area contributed by atoms with Crippen LogP contribution in [-0.2, 0) is 13.0 Å². The second kappa shape index (κ2) is 3.85. The summed E-state index contributed by atoms with van der Waals surface area (Å²) >= 11 is 0. The molecule has 0 saturated heterocycles. The fourth-order valence-corrected chi connectivity index (χ4v) is 2.86. The summed E-state index contributed by atoms with van der Waals surface area (Å²) in [6, 6.07) is 14.6. The highest BCUT2D eigenvalue weighted by Crippen LogP contribution is 2.33. The minimum Gasteiger partial charge on any atom is -0.497 e. The maximum Gasteiger partial charge on any atom is 0.141 e. The summed E-state index contributed by atoms with van der Waals surface area (Å²) in [7, 11) is 1.69. The molecule has 0 atom stereocenters. The number of aryl methyl sites for hydroxylation is 2. The third-order valence-electron chi connectivity index (χ3n) is 3.82. The molecule has 0 saturated carbocycles. The zero-order valence-corrected chi connectivity index (χ0v) is 10.8. The van der Waals surface area contributed by atoms with Gasteiger partial charge < -0.3 is 9.30 Å². The number of rotatable bonds is 1. The lowest BCUT2D eigenvalue weighted by Gasteiger charge is -2.18. The Kier molecular flexibility index (Phi) is 2.15. The minimum atomic E-state index is 0.858. The van der Waals surface area contributed by atoms with Crippen LogP contribution in [0.1, 0.15) is 5.56 Å². The SMILES string of the molecule is COc1ccc2c(c1)nc1n2CCc2ccccc2-1. The Bertz CT molecular complexity index is 774. The number of fused-ring (bicyclic) bond motifs is 5. The highest BCUT2D eigenvalue weighted by Gasteiger charge is 2.19. The summed E-state index contributed by atoms with van der Waals surface area (Å²) in [5.74, 6) is 1.93. The molecule has 0 unspecified atom stereocenters. The maximum atomic E-state index is 5.27. The maximum absolute atomic E-state index is 5.27. The summed E-state index contributed by atoms with van der Waals surface area (Å²) in [4.78, 5) is 4.79. The largest absolute Gasteiger partial charge is 0.497 e. The number of methoxy groups -OCH3 is 1. The van der Waals surface area contributed by atoms with E-state index >= 15 is 0 Å². The van der Waals surface area contributed by atoms with Crippen LogP contribution in [-0.4, -0.2) is 16.7 Å². The van der Waals surface area contributed by atoms with Crippen LogP contribution in [0.3, 0.4) is 0 Å². The summed E-state index contributed by atoms with van der Waals surface area (Å²) in [6.07, 6.45) is 1.07. The predicted molar refractivity (Wildman–Crippen MR) is 75.4 cm³/mol. The van der Waals surface area contributed by atoms with Crippen molar-refractivity contribution in [2.75, 3.05) is 7.11 Å². The molecule has 19 heavy (non-hydrogen) atoms. The van der Waals surface area contributed by atoms with Crippen molar-refractivity contribution in [3.63, 3.8) is 0 Å². The van der Waals surface area contributed by atoms with E-state index < -0.39 is 0 Å². The van der Waals surface area contributed by atoms with Gasteiger partial charge in [0.25, 0.3) is 0 Å². The van der Waals surface area contributed by atoms with E-state index in [1.807, 2.05) is 12.1 Å². The summed E-state index contributed by atoms with van der Waals surface area (Å²) in [5, 5.41) is 0. The third kappa shape index (κ3) is 1.48. The Morgan fingerprint density at radius 2 is 2.05 bits per heavy atom. The molecular weight excluding hydrogens is 236 g/mol. The third-order valence-corrected chi connectivity index (χ3v) is 3.82. The van der Waals surface area contributed by atoms with E-state index in [2.05, 4.69) is 34.9 Å². The van der Waals surface area contributed by atoms with Gasteiger partial charge in [-0.15, -0.1) is 0 Å². The first-order chi connectivity index (χ1) is 9.36. The number of imidazole rings is 1. The molecule has 3 heteroatoms. The van der Waals surface area contributed by atoms with Crippen molar-refractivity contribution >= 4 is 11.0 Å². The van der Waals surface area contributed by atoms with Crippen molar-refractivity contribution in [2.24, 2.45) is 0 Å². The zero-order valence-electron chi connectivity index (χ0n) is 10.8. The highest BCUT2D eigenvalue weighted by molar-refractivity contribution is 5.83. The summed E-state index contributed by atoms with van der Waals surface area (Å²) in [5.41, 5.74) is 4.83. The molecule has 2 heterocycles. The number of hydrogen-bond donors (Lipinski definition) is 0. The molecule has 0 spiro atoms. The fraction of sp³-hybridized carbons (Fsp3) is 0.188. The number of hydrogen-bond acceptors (Lipinski definition) is 2. The molecule has 0 amide bonds. The van der Waals surface area contributed by atoms with Gasteiger partial charge in [0, 0.05) is 18.2 Å². The lowest BCUT2D eigenvalue weighted by Crippen LogP contribution is -2.10. The van der Waals surface area contributed by atoms with Gasteiger partial charge in [-0.25, -0.2) is 4.98 Å². The molecule has 0 fully saturated rings. The van der Waals surface area contributed by atoms with Gasteiger partial charge in [-0.1, -0.05) is 24.3 Å². The molecule has 4 rings (SSSR count). The van der Waals surface area contributed by atoms with E-state index in [0.29, 0.717) is 0 Å². The van der Waals surface area contributed by atoms with Crippen LogP contribution in [0.4, 0.5) is 0 Å². The fourth-order valence-electron chi connectivity index (χ4n) is 2.86. The Balaban J connectivity index is 2.01. The number of ether oxygens (including phenoxy) is 1. The second-order valence-corrected chi connectivity index (χ2v) is 4.85. The van der Waals surface area contributed by atoms with Crippen molar-refractivity contribution in [1.29, 1.82) is 0 Å². The Morgan fingerprint density at radius 3 is 2.95 bits per heavy atom. The molecule has 0 aliphatic carbocycles. The molecule has 0 bridgehead atoms. The lowest BCUT2D eigenvalue weighted by atomic mass is 10.0. The quantitative estimate of drug-likeness (QED) is 0.662.